The minimum atomic E-state index is -2.96. The maximum Gasteiger partial charge on any atom is 0.241 e. The van der Waals surface area contributed by atoms with Gasteiger partial charge < -0.3 is 4.90 Å². The molecule has 1 aliphatic heterocycles. The summed E-state index contributed by atoms with van der Waals surface area (Å²) in [5.74, 6) is 0.433. The zero-order chi connectivity index (χ0) is 21.2. The highest BCUT2D eigenvalue weighted by atomic mass is 32.2. The maximum absolute atomic E-state index is 12.8. The van der Waals surface area contributed by atoms with Gasteiger partial charge in [-0.1, -0.05) is 18.2 Å². The molecule has 1 amide bonds. The Balaban J connectivity index is 1.69. The van der Waals surface area contributed by atoms with Gasteiger partial charge in [0, 0.05) is 30.0 Å². The molecule has 0 radical (unpaired) electrons. The molecule has 158 valence electrons. The Morgan fingerprint density at radius 2 is 1.93 bits per heavy atom. The van der Waals surface area contributed by atoms with Gasteiger partial charge in [0.15, 0.2) is 9.84 Å². The van der Waals surface area contributed by atoms with Gasteiger partial charge in [-0.05, 0) is 46.4 Å². The Bertz CT molecular complexity index is 969. The normalized spacial score (nSPS) is 18.3. The number of rotatable bonds is 7. The summed E-state index contributed by atoms with van der Waals surface area (Å²) in [4.78, 5) is 16.6. The first-order chi connectivity index (χ1) is 13.7. The van der Waals surface area contributed by atoms with Crippen molar-refractivity contribution in [1.82, 2.24) is 14.7 Å². The first-order valence-corrected chi connectivity index (χ1v) is 11.8. The molecule has 29 heavy (non-hydrogen) atoms. The van der Waals surface area contributed by atoms with Gasteiger partial charge in [-0.3, -0.25) is 14.4 Å². The summed E-state index contributed by atoms with van der Waals surface area (Å²) in [6, 6.07) is 9.59. The summed E-state index contributed by atoms with van der Waals surface area (Å²) in [5.41, 5.74) is 3.84. The molecule has 1 aliphatic rings. The van der Waals surface area contributed by atoms with Crippen molar-refractivity contribution in [3.8, 4) is 0 Å². The zero-order valence-corrected chi connectivity index (χ0v) is 18.4. The fraction of sp³-hybridized carbons (Fsp3) is 0.524. The summed E-state index contributed by atoms with van der Waals surface area (Å²) in [5, 5.41) is 4.62. The summed E-state index contributed by atoms with van der Waals surface area (Å²) in [6.07, 6.45) is 0.612. The number of likely N-dealkylation sites (N-methyl/N-ethyl adjacent to an activating group) is 2. The first kappa shape index (κ1) is 21.5. The van der Waals surface area contributed by atoms with Crippen molar-refractivity contribution in [2.75, 3.05) is 36.5 Å². The Morgan fingerprint density at radius 3 is 2.52 bits per heavy atom. The van der Waals surface area contributed by atoms with Gasteiger partial charge in [0.1, 0.15) is 0 Å². The number of carbonyl (C=O) groups is 1. The quantitative estimate of drug-likeness (QED) is 0.690. The van der Waals surface area contributed by atoms with E-state index in [-0.39, 0.29) is 23.5 Å². The van der Waals surface area contributed by atoms with Gasteiger partial charge in [-0.2, -0.15) is 5.10 Å². The second-order valence-corrected chi connectivity index (χ2v) is 10.0. The van der Waals surface area contributed by atoms with Crippen LogP contribution in [0, 0.1) is 13.8 Å². The molecule has 0 spiro atoms. The molecular weight excluding hydrogens is 388 g/mol. The van der Waals surface area contributed by atoms with Crippen molar-refractivity contribution < 1.29 is 13.2 Å². The number of carbonyl (C=O) groups excluding carboxylic acids is 1. The Labute approximate surface area is 173 Å². The number of nitrogens with zero attached hydrogens (tertiary/aromatic N) is 4. The van der Waals surface area contributed by atoms with Crippen LogP contribution in [0.15, 0.2) is 30.3 Å². The summed E-state index contributed by atoms with van der Waals surface area (Å²) >= 11 is 0. The van der Waals surface area contributed by atoms with Crippen LogP contribution in [-0.4, -0.2) is 60.6 Å². The zero-order valence-electron chi connectivity index (χ0n) is 17.6. The van der Waals surface area contributed by atoms with E-state index in [1.54, 1.807) is 4.90 Å². The SMILES string of the molecule is CCN(C(=O)CN(C)Cc1c(C)nn([C@H]2CCS(=O)(=O)C2)c1C)c1ccccc1. The average Bonchev–Trinajstić information content (AvgIpc) is 3.16. The predicted molar refractivity (Wildman–Crippen MR) is 115 cm³/mol. The number of amides is 1. The van der Waals surface area contributed by atoms with Gasteiger partial charge in [0.05, 0.1) is 29.8 Å². The second kappa shape index (κ2) is 8.67. The number of sulfone groups is 1. The van der Waals surface area contributed by atoms with Crippen LogP contribution >= 0.6 is 0 Å². The Kier molecular flexibility index (Phi) is 6.43. The molecule has 0 saturated carbocycles. The van der Waals surface area contributed by atoms with Crippen molar-refractivity contribution in [2.24, 2.45) is 0 Å². The third-order valence-electron chi connectivity index (χ3n) is 5.55. The standard InChI is InChI=1S/C21H30N4O3S/c1-5-24(18-9-7-6-8-10-18)21(26)14-23(4)13-20-16(2)22-25(17(20)3)19-11-12-29(27,28)15-19/h6-10,19H,5,11-15H2,1-4H3/t19-/m0/s1. The average molecular weight is 419 g/mol. The van der Waals surface area contributed by atoms with E-state index < -0.39 is 9.84 Å². The Morgan fingerprint density at radius 1 is 1.24 bits per heavy atom. The number of para-hydroxylation sites is 1. The molecule has 1 fully saturated rings. The molecule has 2 heterocycles. The predicted octanol–water partition coefficient (Wildman–Crippen LogP) is 2.34. The highest BCUT2D eigenvalue weighted by Gasteiger charge is 2.31. The third-order valence-corrected chi connectivity index (χ3v) is 7.30. The number of hydrogen-bond donors (Lipinski definition) is 0. The van der Waals surface area contributed by atoms with Gasteiger partial charge in [-0.25, -0.2) is 8.42 Å². The number of aryl methyl sites for hydroxylation is 1. The number of aromatic nitrogens is 2. The number of hydrogen-bond acceptors (Lipinski definition) is 5. The van der Waals surface area contributed by atoms with E-state index in [1.165, 1.54) is 0 Å². The molecule has 0 unspecified atom stereocenters. The molecule has 1 atom stereocenters. The van der Waals surface area contributed by atoms with Gasteiger partial charge in [0.2, 0.25) is 5.91 Å². The van der Waals surface area contributed by atoms with Crippen LogP contribution in [0.2, 0.25) is 0 Å². The van der Waals surface area contributed by atoms with Crippen molar-refractivity contribution in [2.45, 2.75) is 39.8 Å². The molecule has 0 aliphatic carbocycles. The molecule has 1 aromatic carbocycles. The van der Waals surface area contributed by atoms with Gasteiger partial charge in [-0.15, -0.1) is 0 Å². The lowest BCUT2D eigenvalue weighted by Crippen LogP contribution is -2.38. The topological polar surface area (TPSA) is 75.5 Å². The summed E-state index contributed by atoms with van der Waals surface area (Å²) < 4.78 is 25.5. The molecule has 1 saturated heterocycles. The van der Waals surface area contributed by atoms with Gasteiger partial charge >= 0.3 is 0 Å². The number of benzene rings is 1. The van der Waals surface area contributed by atoms with Crippen LogP contribution in [-0.2, 0) is 21.2 Å². The van der Waals surface area contributed by atoms with Crippen LogP contribution in [0.25, 0.3) is 0 Å². The molecule has 7 nitrogen and oxygen atoms in total. The molecule has 0 N–H and O–H groups in total. The third kappa shape index (κ3) is 4.87. The highest BCUT2D eigenvalue weighted by Crippen LogP contribution is 2.27. The van der Waals surface area contributed by atoms with Crippen LogP contribution in [0.3, 0.4) is 0 Å². The largest absolute Gasteiger partial charge is 0.312 e. The molecule has 3 rings (SSSR count). The van der Waals surface area contributed by atoms with Crippen molar-refractivity contribution >= 4 is 21.4 Å². The fourth-order valence-electron chi connectivity index (χ4n) is 4.00. The van der Waals surface area contributed by atoms with Crippen LogP contribution in [0.5, 0.6) is 0 Å². The van der Waals surface area contributed by atoms with E-state index in [2.05, 4.69) is 5.10 Å². The molecule has 0 bridgehead atoms. The minimum absolute atomic E-state index is 0.0470. The first-order valence-electron chi connectivity index (χ1n) is 10.0. The van der Waals surface area contributed by atoms with Crippen molar-refractivity contribution in [3.63, 3.8) is 0 Å². The smallest absolute Gasteiger partial charge is 0.241 e. The van der Waals surface area contributed by atoms with E-state index >= 15 is 0 Å². The van der Waals surface area contributed by atoms with Crippen LogP contribution in [0.1, 0.15) is 36.3 Å². The second-order valence-electron chi connectivity index (χ2n) is 7.80. The summed E-state index contributed by atoms with van der Waals surface area (Å²) in [7, 11) is -1.04. The lowest BCUT2D eigenvalue weighted by Gasteiger charge is -2.24. The maximum atomic E-state index is 12.8. The van der Waals surface area contributed by atoms with Crippen LogP contribution < -0.4 is 4.90 Å². The van der Waals surface area contributed by atoms with E-state index in [0.717, 1.165) is 22.6 Å². The monoisotopic (exact) mass is 418 g/mol. The lowest BCUT2D eigenvalue weighted by molar-refractivity contribution is -0.119. The number of anilines is 1. The highest BCUT2D eigenvalue weighted by molar-refractivity contribution is 7.91. The Hall–Kier alpha value is -2.19. The molecular formula is C21H30N4O3S. The van der Waals surface area contributed by atoms with E-state index in [9.17, 15) is 13.2 Å². The molecule has 1 aromatic heterocycles. The van der Waals surface area contributed by atoms with E-state index in [1.807, 2.05) is 67.7 Å². The molecule has 2 aromatic rings. The van der Waals surface area contributed by atoms with E-state index in [4.69, 9.17) is 0 Å². The van der Waals surface area contributed by atoms with Crippen molar-refractivity contribution in [3.05, 3.63) is 47.3 Å². The van der Waals surface area contributed by atoms with E-state index in [0.29, 0.717) is 26.1 Å². The van der Waals surface area contributed by atoms with Crippen LogP contribution in [0.4, 0.5) is 5.69 Å². The van der Waals surface area contributed by atoms with Gasteiger partial charge in [0.25, 0.3) is 0 Å². The minimum Gasteiger partial charge on any atom is -0.312 e. The summed E-state index contributed by atoms with van der Waals surface area (Å²) in [6.45, 7) is 7.40. The fourth-order valence-corrected chi connectivity index (χ4v) is 5.69. The van der Waals surface area contributed by atoms with Crippen molar-refractivity contribution in [1.29, 1.82) is 0 Å². The molecule has 8 heteroatoms. The lowest BCUT2D eigenvalue weighted by atomic mass is 10.1.